The number of aromatic hydroxyl groups is 1. The third-order valence-electron chi connectivity index (χ3n) is 4.59. The van der Waals surface area contributed by atoms with E-state index in [-0.39, 0.29) is 18.2 Å². The fourth-order valence-corrected chi connectivity index (χ4v) is 3.34. The second kappa shape index (κ2) is 10.0. The maximum Gasteiger partial charge on any atom is 0.287 e. The van der Waals surface area contributed by atoms with Gasteiger partial charge in [-0.05, 0) is 75.6 Å². The number of carbonyl (C=O) groups excluding carboxylic acids is 2. The van der Waals surface area contributed by atoms with E-state index in [0.717, 1.165) is 0 Å². The first-order chi connectivity index (χ1) is 16.0. The summed E-state index contributed by atoms with van der Waals surface area (Å²) in [5, 5.41) is 16.2. The van der Waals surface area contributed by atoms with Crippen molar-refractivity contribution < 1.29 is 24.2 Å². The van der Waals surface area contributed by atoms with E-state index in [0.29, 0.717) is 32.7 Å². The molecule has 0 bridgehead atoms. The molecule has 3 aromatic rings. The summed E-state index contributed by atoms with van der Waals surface area (Å²) < 4.78 is 11.2. The molecule has 8 nitrogen and oxygen atoms in total. The largest absolute Gasteiger partial charge is 0.507 e. The van der Waals surface area contributed by atoms with Gasteiger partial charge in [-0.25, -0.2) is 5.43 Å². The van der Waals surface area contributed by atoms with E-state index < -0.39 is 11.8 Å². The van der Waals surface area contributed by atoms with Crippen LogP contribution in [0.3, 0.4) is 0 Å². The van der Waals surface area contributed by atoms with Gasteiger partial charge in [0.05, 0.1) is 10.7 Å². The molecule has 0 fully saturated rings. The highest BCUT2D eigenvalue weighted by Crippen LogP contribution is 2.33. The Morgan fingerprint density at radius 1 is 0.970 bits per heavy atom. The van der Waals surface area contributed by atoms with Crippen molar-refractivity contribution in [1.29, 1.82) is 0 Å². The number of fused-ring (bicyclic) bond motifs is 1. The smallest absolute Gasteiger partial charge is 0.287 e. The normalized spacial score (nSPS) is 12.6. The molecule has 33 heavy (non-hydrogen) atoms. The Morgan fingerprint density at radius 3 is 2.52 bits per heavy atom. The number of ether oxygens (including phenoxy) is 2. The highest BCUT2D eigenvalue weighted by molar-refractivity contribution is 9.10. The van der Waals surface area contributed by atoms with Gasteiger partial charge in [0, 0.05) is 5.56 Å². The Labute approximate surface area is 197 Å². The third kappa shape index (κ3) is 5.58. The van der Waals surface area contributed by atoms with Crippen LogP contribution in [0, 0.1) is 0 Å². The zero-order chi connectivity index (χ0) is 23.2. The SMILES string of the molecule is O=C(N/N=C/c1ccc(O)c(Br)c1)/C(=C\c1ccc2c(c1)OCO2)NC(=O)c1ccccc1. The fourth-order valence-electron chi connectivity index (χ4n) is 2.94. The maximum atomic E-state index is 12.8. The van der Waals surface area contributed by atoms with E-state index >= 15 is 0 Å². The number of benzene rings is 3. The minimum absolute atomic E-state index is 0.00763. The van der Waals surface area contributed by atoms with Crippen LogP contribution in [0.2, 0.25) is 0 Å². The van der Waals surface area contributed by atoms with Gasteiger partial charge in [-0.1, -0.05) is 24.3 Å². The molecular weight excluding hydrogens is 490 g/mol. The van der Waals surface area contributed by atoms with Gasteiger partial charge in [-0.3, -0.25) is 9.59 Å². The minimum atomic E-state index is -0.619. The Kier molecular flexibility index (Phi) is 6.70. The number of nitrogens with one attached hydrogen (secondary N) is 2. The number of rotatable bonds is 6. The Bertz CT molecular complexity index is 1260. The first-order valence-corrected chi connectivity index (χ1v) is 10.6. The number of hydrogen-bond donors (Lipinski definition) is 3. The average Bonchev–Trinajstić information content (AvgIpc) is 3.29. The number of phenols is 1. The molecule has 0 aromatic heterocycles. The second-order valence-electron chi connectivity index (χ2n) is 6.90. The molecule has 3 aromatic carbocycles. The summed E-state index contributed by atoms with van der Waals surface area (Å²) in [5.41, 5.74) is 4.08. The molecule has 0 unspecified atom stereocenters. The predicted octanol–water partition coefficient (Wildman–Crippen LogP) is 3.80. The highest BCUT2D eigenvalue weighted by Gasteiger charge is 2.16. The van der Waals surface area contributed by atoms with Crippen LogP contribution in [0.15, 0.2) is 82.0 Å². The van der Waals surface area contributed by atoms with Crippen molar-refractivity contribution in [3.05, 3.63) is 93.6 Å². The van der Waals surface area contributed by atoms with Gasteiger partial charge in [0.2, 0.25) is 6.79 Å². The maximum absolute atomic E-state index is 12.8. The number of halogens is 1. The summed E-state index contributed by atoms with van der Waals surface area (Å²) >= 11 is 3.22. The van der Waals surface area contributed by atoms with Crippen molar-refractivity contribution in [2.45, 2.75) is 0 Å². The number of amides is 2. The zero-order valence-electron chi connectivity index (χ0n) is 17.1. The first kappa shape index (κ1) is 22.1. The molecule has 1 aliphatic heterocycles. The van der Waals surface area contributed by atoms with Crippen LogP contribution in [-0.4, -0.2) is 29.9 Å². The van der Waals surface area contributed by atoms with Crippen LogP contribution < -0.4 is 20.2 Å². The summed E-state index contributed by atoms with van der Waals surface area (Å²) in [6.45, 7) is 0.128. The molecule has 166 valence electrons. The van der Waals surface area contributed by atoms with E-state index in [9.17, 15) is 14.7 Å². The van der Waals surface area contributed by atoms with Crippen LogP contribution >= 0.6 is 15.9 Å². The number of hydrazone groups is 1. The molecule has 4 rings (SSSR count). The minimum Gasteiger partial charge on any atom is -0.507 e. The van der Waals surface area contributed by atoms with E-state index in [4.69, 9.17) is 9.47 Å². The van der Waals surface area contributed by atoms with Crippen LogP contribution in [0.5, 0.6) is 17.2 Å². The number of nitrogens with zero attached hydrogens (tertiary/aromatic N) is 1. The Hall–Kier alpha value is -4.11. The molecule has 0 aliphatic carbocycles. The van der Waals surface area contributed by atoms with E-state index in [1.54, 1.807) is 60.7 Å². The van der Waals surface area contributed by atoms with Crippen LogP contribution in [0.25, 0.3) is 6.08 Å². The first-order valence-electron chi connectivity index (χ1n) is 9.79. The standard InChI is InChI=1S/C24H18BrN3O5/c25-18-10-16(6-8-20(18)29)13-26-28-24(31)19(27-23(30)17-4-2-1-3-5-17)11-15-7-9-21-22(12-15)33-14-32-21/h1-13,29H,14H2,(H,27,30)(H,28,31)/b19-11+,26-13+. The van der Waals surface area contributed by atoms with Crippen molar-refractivity contribution in [3.8, 4) is 17.2 Å². The highest BCUT2D eigenvalue weighted by atomic mass is 79.9. The van der Waals surface area contributed by atoms with Crippen LogP contribution in [0.1, 0.15) is 21.5 Å². The Morgan fingerprint density at radius 2 is 1.73 bits per heavy atom. The second-order valence-corrected chi connectivity index (χ2v) is 7.76. The van der Waals surface area contributed by atoms with E-state index in [1.165, 1.54) is 18.4 Å². The zero-order valence-corrected chi connectivity index (χ0v) is 18.7. The molecule has 0 atom stereocenters. The van der Waals surface area contributed by atoms with Gasteiger partial charge < -0.3 is 19.9 Å². The van der Waals surface area contributed by atoms with Gasteiger partial charge in [0.1, 0.15) is 11.4 Å². The fraction of sp³-hybridized carbons (Fsp3) is 0.0417. The van der Waals surface area contributed by atoms with Crippen molar-refractivity contribution in [3.63, 3.8) is 0 Å². The molecule has 0 spiro atoms. The molecule has 1 heterocycles. The van der Waals surface area contributed by atoms with Gasteiger partial charge in [-0.15, -0.1) is 0 Å². The van der Waals surface area contributed by atoms with Crippen molar-refractivity contribution >= 4 is 40.0 Å². The molecule has 2 amide bonds. The lowest BCUT2D eigenvalue weighted by Gasteiger charge is -2.09. The molecule has 0 saturated heterocycles. The van der Waals surface area contributed by atoms with Gasteiger partial charge in [-0.2, -0.15) is 5.10 Å². The molecule has 9 heteroatoms. The van der Waals surface area contributed by atoms with Crippen molar-refractivity contribution in [1.82, 2.24) is 10.7 Å². The Balaban J connectivity index is 1.55. The topological polar surface area (TPSA) is 109 Å². The molecule has 1 aliphatic rings. The monoisotopic (exact) mass is 507 g/mol. The lowest BCUT2D eigenvalue weighted by Crippen LogP contribution is -2.32. The predicted molar refractivity (Wildman–Crippen MR) is 126 cm³/mol. The summed E-state index contributed by atoms with van der Waals surface area (Å²) in [5.74, 6) is 0.189. The lowest BCUT2D eigenvalue weighted by atomic mass is 10.1. The number of phenolic OH excluding ortho intramolecular Hbond substituents is 1. The van der Waals surface area contributed by atoms with Gasteiger partial charge in [0.25, 0.3) is 11.8 Å². The van der Waals surface area contributed by atoms with Gasteiger partial charge in [0.15, 0.2) is 11.5 Å². The lowest BCUT2D eigenvalue weighted by molar-refractivity contribution is -0.117. The van der Waals surface area contributed by atoms with Crippen molar-refractivity contribution in [2.24, 2.45) is 5.10 Å². The summed E-state index contributed by atoms with van der Waals surface area (Å²) in [7, 11) is 0. The van der Waals surface area contributed by atoms with E-state index in [1.807, 2.05) is 0 Å². The molecule has 0 radical (unpaired) electrons. The average molecular weight is 508 g/mol. The quantitative estimate of drug-likeness (QED) is 0.267. The van der Waals surface area contributed by atoms with Crippen LogP contribution in [-0.2, 0) is 4.79 Å². The third-order valence-corrected chi connectivity index (χ3v) is 5.22. The number of carbonyl (C=O) groups is 2. The summed E-state index contributed by atoms with van der Waals surface area (Å²) in [6.07, 6.45) is 2.93. The summed E-state index contributed by atoms with van der Waals surface area (Å²) in [6, 6.07) is 18.5. The molecule has 3 N–H and O–H groups in total. The van der Waals surface area contributed by atoms with Crippen molar-refractivity contribution in [2.75, 3.05) is 6.79 Å². The van der Waals surface area contributed by atoms with Gasteiger partial charge >= 0.3 is 0 Å². The van der Waals surface area contributed by atoms with E-state index in [2.05, 4.69) is 31.8 Å². The summed E-state index contributed by atoms with van der Waals surface area (Å²) in [4.78, 5) is 25.5. The molecule has 0 saturated carbocycles. The number of hydrogen-bond acceptors (Lipinski definition) is 6. The molecular formula is C24H18BrN3O5. The van der Waals surface area contributed by atoms with Crippen LogP contribution in [0.4, 0.5) is 0 Å².